The van der Waals surface area contributed by atoms with Crippen molar-refractivity contribution in [1.82, 2.24) is 4.72 Å². The third-order valence-electron chi connectivity index (χ3n) is 2.07. The number of carboxylic acids is 1. The van der Waals surface area contributed by atoms with Crippen molar-refractivity contribution in [3.05, 3.63) is 24.3 Å². The second-order valence-electron chi connectivity index (χ2n) is 3.85. The molecular weight excluding hydrogens is 274 g/mol. The number of ether oxygens (including phenoxy) is 1. The average Bonchev–Trinajstić information content (AvgIpc) is 2.34. The standard InChI is InChI=1S/C11H15NO6S/c1-8(13)6-12-19(16,17)10-4-2-9(3-5-10)18-7-11(14)15/h2-5,8,12-13H,6-7H2,1H3,(H,14,15)/t8-/m1/s1. The van der Waals surface area contributed by atoms with Crippen LogP contribution < -0.4 is 9.46 Å². The van der Waals surface area contributed by atoms with Gasteiger partial charge in [-0.1, -0.05) is 0 Å². The van der Waals surface area contributed by atoms with Crippen LogP contribution in [0.2, 0.25) is 0 Å². The highest BCUT2D eigenvalue weighted by Gasteiger charge is 2.14. The SMILES string of the molecule is C[C@@H](O)CNS(=O)(=O)c1ccc(OCC(=O)O)cc1. The molecule has 1 aromatic carbocycles. The van der Waals surface area contributed by atoms with Crippen molar-refractivity contribution in [2.24, 2.45) is 0 Å². The number of aliphatic carboxylic acids is 1. The van der Waals surface area contributed by atoms with Gasteiger partial charge in [0, 0.05) is 6.54 Å². The molecule has 106 valence electrons. The molecule has 8 heteroatoms. The normalized spacial score (nSPS) is 12.9. The summed E-state index contributed by atoms with van der Waals surface area (Å²) in [7, 11) is -3.69. The molecule has 0 fully saturated rings. The maximum Gasteiger partial charge on any atom is 0.341 e. The third kappa shape index (κ3) is 5.25. The fourth-order valence-electron chi connectivity index (χ4n) is 1.17. The highest BCUT2D eigenvalue weighted by atomic mass is 32.2. The summed E-state index contributed by atoms with van der Waals surface area (Å²) in [5.41, 5.74) is 0. The molecule has 0 amide bonds. The van der Waals surface area contributed by atoms with Crippen molar-refractivity contribution in [3.63, 3.8) is 0 Å². The molecule has 0 bridgehead atoms. The van der Waals surface area contributed by atoms with E-state index in [2.05, 4.69) is 4.72 Å². The first kappa shape index (κ1) is 15.4. The van der Waals surface area contributed by atoms with Gasteiger partial charge in [0.05, 0.1) is 11.0 Å². The van der Waals surface area contributed by atoms with Crippen LogP contribution in [-0.4, -0.2) is 43.9 Å². The smallest absolute Gasteiger partial charge is 0.341 e. The van der Waals surface area contributed by atoms with Crippen molar-refractivity contribution in [2.45, 2.75) is 17.9 Å². The first-order valence-corrected chi connectivity index (χ1v) is 6.92. The van der Waals surface area contributed by atoms with Crippen LogP contribution in [0.25, 0.3) is 0 Å². The minimum atomic E-state index is -3.69. The maximum absolute atomic E-state index is 11.8. The van der Waals surface area contributed by atoms with E-state index in [1.165, 1.54) is 31.2 Å². The van der Waals surface area contributed by atoms with E-state index in [-0.39, 0.29) is 17.2 Å². The Bertz CT molecular complexity index is 523. The summed E-state index contributed by atoms with van der Waals surface area (Å²) >= 11 is 0. The zero-order valence-corrected chi connectivity index (χ0v) is 11.1. The van der Waals surface area contributed by atoms with E-state index in [9.17, 15) is 13.2 Å². The molecule has 0 radical (unpaired) electrons. The van der Waals surface area contributed by atoms with Crippen LogP contribution in [0.15, 0.2) is 29.2 Å². The Morgan fingerprint density at radius 3 is 2.42 bits per heavy atom. The van der Waals surface area contributed by atoms with Gasteiger partial charge in [0.15, 0.2) is 6.61 Å². The number of benzene rings is 1. The van der Waals surface area contributed by atoms with Gasteiger partial charge >= 0.3 is 5.97 Å². The molecule has 1 rings (SSSR count). The van der Waals surface area contributed by atoms with E-state index in [4.69, 9.17) is 14.9 Å². The number of carbonyl (C=O) groups is 1. The number of nitrogens with one attached hydrogen (secondary N) is 1. The molecule has 0 aliphatic heterocycles. The Morgan fingerprint density at radius 1 is 1.37 bits per heavy atom. The molecular formula is C11H15NO6S. The van der Waals surface area contributed by atoms with Crippen LogP contribution in [-0.2, 0) is 14.8 Å². The van der Waals surface area contributed by atoms with Crippen LogP contribution in [0.5, 0.6) is 5.75 Å². The second-order valence-corrected chi connectivity index (χ2v) is 5.62. The maximum atomic E-state index is 11.8. The van der Waals surface area contributed by atoms with Gasteiger partial charge in [0.2, 0.25) is 10.0 Å². The molecule has 0 heterocycles. The summed E-state index contributed by atoms with van der Waals surface area (Å²) in [6.07, 6.45) is -0.784. The predicted molar refractivity (Wildman–Crippen MR) is 66.4 cm³/mol. The van der Waals surface area contributed by atoms with Gasteiger partial charge in [-0.15, -0.1) is 0 Å². The van der Waals surface area contributed by atoms with E-state index in [0.717, 1.165) is 0 Å². The average molecular weight is 289 g/mol. The van der Waals surface area contributed by atoms with Crippen molar-refractivity contribution in [1.29, 1.82) is 0 Å². The lowest BCUT2D eigenvalue weighted by Gasteiger charge is -2.09. The topological polar surface area (TPSA) is 113 Å². The number of carboxylic acid groups (broad SMARTS) is 1. The van der Waals surface area contributed by atoms with Crippen LogP contribution in [0.3, 0.4) is 0 Å². The minimum Gasteiger partial charge on any atom is -0.482 e. The summed E-state index contributed by atoms with van der Waals surface area (Å²) in [5.74, 6) is -0.854. The number of aliphatic hydroxyl groups is 1. The predicted octanol–water partition coefficient (Wildman–Crippen LogP) is -0.191. The first-order chi connectivity index (χ1) is 8.81. The molecule has 0 saturated carbocycles. The molecule has 0 unspecified atom stereocenters. The fraction of sp³-hybridized carbons (Fsp3) is 0.364. The van der Waals surface area contributed by atoms with E-state index in [0.29, 0.717) is 0 Å². The van der Waals surface area contributed by atoms with Crippen LogP contribution in [0.4, 0.5) is 0 Å². The van der Waals surface area contributed by atoms with Crippen LogP contribution >= 0.6 is 0 Å². The Balaban J connectivity index is 2.72. The quantitative estimate of drug-likeness (QED) is 0.641. The molecule has 0 aliphatic rings. The van der Waals surface area contributed by atoms with Crippen LogP contribution in [0.1, 0.15) is 6.92 Å². The van der Waals surface area contributed by atoms with Gasteiger partial charge in [-0.3, -0.25) is 0 Å². The molecule has 19 heavy (non-hydrogen) atoms. The fourth-order valence-corrected chi connectivity index (χ4v) is 2.30. The zero-order chi connectivity index (χ0) is 14.5. The minimum absolute atomic E-state index is 0.0100. The molecule has 0 aromatic heterocycles. The number of hydrogen-bond acceptors (Lipinski definition) is 5. The molecule has 0 aliphatic carbocycles. The Hall–Kier alpha value is -1.64. The van der Waals surface area contributed by atoms with E-state index in [1.54, 1.807) is 0 Å². The van der Waals surface area contributed by atoms with Crippen molar-refractivity contribution < 1.29 is 28.2 Å². The Morgan fingerprint density at radius 2 is 1.95 bits per heavy atom. The Labute approximate surface area is 110 Å². The van der Waals surface area contributed by atoms with Crippen molar-refractivity contribution in [3.8, 4) is 5.75 Å². The van der Waals surface area contributed by atoms with Gasteiger partial charge in [-0.25, -0.2) is 17.9 Å². The summed E-state index contributed by atoms with van der Waals surface area (Å²) in [5, 5.41) is 17.5. The van der Waals surface area contributed by atoms with E-state index >= 15 is 0 Å². The van der Waals surface area contributed by atoms with E-state index in [1.807, 2.05) is 0 Å². The molecule has 3 N–H and O–H groups in total. The number of sulfonamides is 1. The highest BCUT2D eigenvalue weighted by Crippen LogP contribution is 2.15. The van der Waals surface area contributed by atoms with Gasteiger partial charge in [-0.2, -0.15) is 0 Å². The van der Waals surface area contributed by atoms with Gasteiger partial charge in [0.25, 0.3) is 0 Å². The zero-order valence-electron chi connectivity index (χ0n) is 10.2. The summed E-state index contributed by atoms with van der Waals surface area (Å²) in [6.45, 7) is 0.886. The third-order valence-corrected chi connectivity index (χ3v) is 3.50. The summed E-state index contributed by atoms with van der Waals surface area (Å²) in [6, 6.07) is 5.31. The number of hydrogen-bond donors (Lipinski definition) is 3. The Kier molecular flexibility index (Phi) is 5.28. The summed E-state index contributed by atoms with van der Waals surface area (Å²) in [4.78, 5) is 10.3. The van der Waals surface area contributed by atoms with Crippen LogP contribution in [0, 0.1) is 0 Å². The number of aliphatic hydroxyl groups excluding tert-OH is 1. The lowest BCUT2D eigenvalue weighted by atomic mass is 10.3. The van der Waals surface area contributed by atoms with Crippen molar-refractivity contribution in [2.75, 3.05) is 13.2 Å². The van der Waals surface area contributed by atoms with Gasteiger partial charge in [0.1, 0.15) is 5.75 Å². The van der Waals surface area contributed by atoms with Gasteiger partial charge < -0.3 is 14.9 Å². The monoisotopic (exact) mass is 289 g/mol. The lowest BCUT2D eigenvalue weighted by molar-refractivity contribution is -0.139. The molecule has 1 aromatic rings. The number of rotatable bonds is 7. The summed E-state index contributed by atoms with van der Waals surface area (Å²) < 4.78 is 30.6. The molecule has 1 atom stereocenters. The van der Waals surface area contributed by atoms with E-state index < -0.39 is 28.7 Å². The second kappa shape index (κ2) is 6.50. The van der Waals surface area contributed by atoms with Crippen molar-refractivity contribution >= 4 is 16.0 Å². The lowest BCUT2D eigenvalue weighted by Crippen LogP contribution is -2.30. The molecule has 0 spiro atoms. The molecule has 0 saturated heterocycles. The largest absolute Gasteiger partial charge is 0.482 e. The molecule has 7 nitrogen and oxygen atoms in total. The highest BCUT2D eigenvalue weighted by molar-refractivity contribution is 7.89. The first-order valence-electron chi connectivity index (χ1n) is 5.43. The van der Waals surface area contributed by atoms with Gasteiger partial charge in [-0.05, 0) is 31.2 Å².